The molecule has 1 aliphatic carbocycles. The van der Waals surface area contributed by atoms with Crippen molar-refractivity contribution < 1.29 is 13.2 Å². The molecule has 1 N–H and O–H groups in total. The van der Waals surface area contributed by atoms with Crippen molar-refractivity contribution in [2.75, 3.05) is 6.54 Å². The lowest BCUT2D eigenvalue weighted by Crippen LogP contribution is -2.37. The summed E-state index contributed by atoms with van der Waals surface area (Å²) in [6.07, 6.45) is 4.19. The number of hydrogen-bond acceptors (Lipinski definition) is 2. The lowest BCUT2D eigenvalue weighted by Gasteiger charge is -2.30. The van der Waals surface area contributed by atoms with Gasteiger partial charge < -0.3 is 9.88 Å². The van der Waals surface area contributed by atoms with Gasteiger partial charge in [-0.25, -0.2) is 4.98 Å². The Labute approximate surface area is 111 Å². The van der Waals surface area contributed by atoms with Crippen LogP contribution in [0.2, 0.25) is 0 Å². The van der Waals surface area contributed by atoms with Gasteiger partial charge in [0, 0.05) is 25.0 Å². The van der Waals surface area contributed by atoms with Gasteiger partial charge in [0.15, 0.2) is 0 Å². The molecule has 0 radical (unpaired) electrons. The minimum atomic E-state index is -4.01. The summed E-state index contributed by atoms with van der Waals surface area (Å²) in [7, 11) is 0. The molecule has 2 rings (SSSR count). The minimum absolute atomic E-state index is 0.251. The fourth-order valence-corrected chi connectivity index (χ4v) is 2.61. The molecule has 0 amide bonds. The van der Waals surface area contributed by atoms with Gasteiger partial charge in [-0.1, -0.05) is 0 Å². The van der Waals surface area contributed by atoms with Crippen LogP contribution in [-0.4, -0.2) is 28.3 Å². The third-order valence-corrected chi connectivity index (χ3v) is 3.78. The van der Waals surface area contributed by atoms with Gasteiger partial charge in [-0.05, 0) is 38.6 Å². The van der Waals surface area contributed by atoms with Crippen molar-refractivity contribution in [2.45, 2.75) is 50.9 Å². The predicted molar refractivity (Wildman–Crippen MR) is 66.6 cm³/mol. The van der Waals surface area contributed by atoms with E-state index in [2.05, 4.69) is 10.3 Å². The lowest BCUT2D eigenvalue weighted by molar-refractivity contribution is -0.182. The van der Waals surface area contributed by atoms with E-state index in [4.69, 9.17) is 0 Å². The summed E-state index contributed by atoms with van der Waals surface area (Å²) in [4.78, 5) is 3.96. The summed E-state index contributed by atoms with van der Waals surface area (Å²) in [5.74, 6) is -1.09. The molecule has 108 valence electrons. The monoisotopic (exact) mass is 275 g/mol. The van der Waals surface area contributed by atoms with Crippen LogP contribution in [0.4, 0.5) is 13.2 Å². The molecule has 1 fully saturated rings. The summed E-state index contributed by atoms with van der Waals surface area (Å²) >= 11 is 0. The number of aryl methyl sites for hydroxylation is 1. The Bertz CT molecular complexity index is 354. The zero-order chi connectivity index (χ0) is 13.7. The molecule has 19 heavy (non-hydrogen) atoms. The molecule has 1 heterocycles. The van der Waals surface area contributed by atoms with E-state index in [0.29, 0.717) is 12.8 Å². The molecule has 0 aromatic carbocycles. The standard InChI is InChI=1S/C13H20F3N3/c14-13(15,16)11-2-4-12(5-3-11)18-6-1-8-19-9-7-17-10-19/h7,9-12,18H,1-6,8H2. The molecule has 0 bridgehead atoms. The molecule has 0 atom stereocenters. The number of imidazole rings is 1. The zero-order valence-corrected chi connectivity index (χ0v) is 10.9. The third-order valence-electron chi connectivity index (χ3n) is 3.78. The molecule has 6 heteroatoms. The molecule has 1 aliphatic rings. The molecular weight excluding hydrogens is 255 g/mol. The normalized spacial score (nSPS) is 24.6. The third kappa shape index (κ3) is 4.53. The molecule has 0 spiro atoms. The average molecular weight is 275 g/mol. The maximum Gasteiger partial charge on any atom is 0.391 e. The topological polar surface area (TPSA) is 29.9 Å². The molecule has 1 saturated carbocycles. The summed E-state index contributed by atoms with van der Waals surface area (Å²) in [6.45, 7) is 1.74. The van der Waals surface area contributed by atoms with Crippen molar-refractivity contribution in [3.63, 3.8) is 0 Å². The quantitative estimate of drug-likeness (QED) is 0.837. The Kier molecular flexibility index (Phi) is 4.85. The van der Waals surface area contributed by atoms with Crippen LogP contribution in [0.25, 0.3) is 0 Å². The first-order valence-corrected chi connectivity index (χ1v) is 6.81. The molecule has 0 aliphatic heterocycles. The van der Waals surface area contributed by atoms with E-state index >= 15 is 0 Å². The number of nitrogens with one attached hydrogen (secondary N) is 1. The van der Waals surface area contributed by atoms with Crippen LogP contribution in [0.5, 0.6) is 0 Å². The predicted octanol–water partition coefficient (Wildman–Crippen LogP) is 2.98. The second-order valence-electron chi connectivity index (χ2n) is 5.20. The first-order valence-electron chi connectivity index (χ1n) is 6.81. The highest BCUT2D eigenvalue weighted by Crippen LogP contribution is 2.37. The van der Waals surface area contributed by atoms with E-state index < -0.39 is 12.1 Å². The molecular formula is C13H20F3N3. The maximum absolute atomic E-state index is 12.5. The van der Waals surface area contributed by atoms with Crippen molar-refractivity contribution in [1.82, 2.24) is 14.9 Å². The molecule has 1 aromatic heterocycles. The van der Waals surface area contributed by atoms with Crippen molar-refractivity contribution in [2.24, 2.45) is 5.92 Å². The van der Waals surface area contributed by atoms with Gasteiger partial charge in [-0.15, -0.1) is 0 Å². The fraction of sp³-hybridized carbons (Fsp3) is 0.769. The van der Waals surface area contributed by atoms with E-state index in [-0.39, 0.29) is 18.9 Å². The molecule has 3 nitrogen and oxygen atoms in total. The Morgan fingerprint density at radius 2 is 1.95 bits per heavy atom. The first-order chi connectivity index (χ1) is 9.05. The maximum atomic E-state index is 12.5. The van der Waals surface area contributed by atoms with Crippen molar-refractivity contribution in [3.8, 4) is 0 Å². The van der Waals surface area contributed by atoms with Gasteiger partial charge in [0.2, 0.25) is 0 Å². The van der Waals surface area contributed by atoms with Crippen LogP contribution in [-0.2, 0) is 6.54 Å². The van der Waals surface area contributed by atoms with E-state index in [1.165, 1.54) is 0 Å². The van der Waals surface area contributed by atoms with Gasteiger partial charge >= 0.3 is 6.18 Å². The number of halogens is 3. The Hall–Kier alpha value is -1.04. The van der Waals surface area contributed by atoms with E-state index in [1.807, 2.05) is 10.8 Å². The fourth-order valence-electron chi connectivity index (χ4n) is 2.61. The molecule has 0 unspecified atom stereocenters. The summed E-state index contributed by atoms with van der Waals surface area (Å²) in [5, 5.41) is 3.35. The summed E-state index contributed by atoms with van der Waals surface area (Å²) in [5.41, 5.74) is 0. The molecule has 0 saturated heterocycles. The first kappa shape index (κ1) is 14.4. The minimum Gasteiger partial charge on any atom is -0.337 e. The van der Waals surface area contributed by atoms with Crippen LogP contribution in [0.3, 0.4) is 0 Å². The van der Waals surface area contributed by atoms with Gasteiger partial charge in [-0.2, -0.15) is 13.2 Å². The number of aromatic nitrogens is 2. The van der Waals surface area contributed by atoms with Crippen molar-refractivity contribution in [1.29, 1.82) is 0 Å². The van der Waals surface area contributed by atoms with Gasteiger partial charge in [-0.3, -0.25) is 0 Å². The number of hydrogen-bond donors (Lipinski definition) is 1. The number of alkyl halides is 3. The van der Waals surface area contributed by atoms with Crippen molar-refractivity contribution in [3.05, 3.63) is 18.7 Å². The second-order valence-corrected chi connectivity index (χ2v) is 5.20. The smallest absolute Gasteiger partial charge is 0.337 e. The van der Waals surface area contributed by atoms with Gasteiger partial charge in [0.05, 0.1) is 12.2 Å². The van der Waals surface area contributed by atoms with E-state index in [9.17, 15) is 13.2 Å². The highest BCUT2D eigenvalue weighted by atomic mass is 19.4. The van der Waals surface area contributed by atoms with E-state index in [0.717, 1.165) is 19.5 Å². The Morgan fingerprint density at radius 1 is 1.21 bits per heavy atom. The van der Waals surface area contributed by atoms with Gasteiger partial charge in [0.1, 0.15) is 0 Å². The highest BCUT2D eigenvalue weighted by Gasteiger charge is 2.41. The van der Waals surface area contributed by atoms with Gasteiger partial charge in [0.25, 0.3) is 0 Å². The number of nitrogens with zero attached hydrogens (tertiary/aromatic N) is 2. The van der Waals surface area contributed by atoms with Crippen LogP contribution in [0.1, 0.15) is 32.1 Å². The summed E-state index contributed by atoms with van der Waals surface area (Å²) < 4.78 is 39.5. The Morgan fingerprint density at radius 3 is 2.53 bits per heavy atom. The van der Waals surface area contributed by atoms with E-state index in [1.54, 1.807) is 12.5 Å². The van der Waals surface area contributed by atoms with Crippen LogP contribution in [0.15, 0.2) is 18.7 Å². The van der Waals surface area contributed by atoms with Crippen molar-refractivity contribution >= 4 is 0 Å². The largest absolute Gasteiger partial charge is 0.391 e. The van der Waals surface area contributed by atoms with Crippen LogP contribution < -0.4 is 5.32 Å². The lowest BCUT2D eigenvalue weighted by atomic mass is 9.85. The van der Waals surface area contributed by atoms with Crippen LogP contribution in [0, 0.1) is 5.92 Å². The second kappa shape index (κ2) is 6.41. The zero-order valence-electron chi connectivity index (χ0n) is 10.9. The number of rotatable bonds is 5. The highest BCUT2D eigenvalue weighted by molar-refractivity contribution is 4.81. The summed E-state index contributed by atoms with van der Waals surface area (Å²) in [6, 6.07) is 0.251. The Balaban J connectivity index is 1.58. The van der Waals surface area contributed by atoms with Crippen LogP contribution >= 0.6 is 0 Å². The SMILES string of the molecule is FC(F)(F)C1CCC(NCCCn2ccnc2)CC1. The average Bonchev–Trinajstić information content (AvgIpc) is 2.87. The molecule has 1 aromatic rings.